The number of nitrogens with two attached hydrogens (primary N) is 1. The Morgan fingerprint density at radius 1 is 1.32 bits per heavy atom. The molecule has 0 saturated carbocycles. The number of carbonyl (C=O) groups is 1. The first kappa shape index (κ1) is 14.8. The Kier molecular flexibility index (Phi) is 5.22. The molecule has 0 aromatic carbocycles. The van der Waals surface area contributed by atoms with E-state index in [0.29, 0.717) is 19.8 Å². The molecule has 0 aliphatic carbocycles. The van der Waals surface area contributed by atoms with Crippen molar-refractivity contribution in [1.29, 1.82) is 0 Å². The first-order chi connectivity index (χ1) is 9.22. The Bertz CT molecular complexity index is 293. The molecule has 0 unspecified atom stereocenters. The van der Waals surface area contributed by atoms with Gasteiger partial charge in [-0.25, -0.2) is 0 Å². The second-order valence-electron chi connectivity index (χ2n) is 6.12. The minimum absolute atomic E-state index is 0.285. The first-order valence-corrected chi connectivity index (χ1v) is 7.79. The van der Waals surface area contributed by atoms with Crippen LogP contribution in [-0.2, 0) is 9.53 Å². The number of hydrogen-bond donors (Lipinski definition) is 1. The van der Waals surface area contributed by atoms with Gasteiger partial charge in [0.05, 0.1) is 5.41 Å². The van der Waals surface area contributed by atoms with Crippen molar-refractivity contribution < 1.29 is 9.53 Å². The fourth-order valence-corrected chi connectivity index (χ4v) is 3.44. The third kappa shape index (κ3) is 3.29. The van der Waals surface area contributed by atoms with Crippen molar-refractivity contribution in [3.8, 4) is 0 Å². The van der Waals surface area contributed by atoms with Gasteiger partial charge in [-0.3, -0.25) is 4.79 Å². The molecule has 2 rings (SSSR count). The molecule has 2 N–H and O–H groups in total. The number of amides is 1. The van der Waals surface area contributed by atoms with E-state index < -0.39 is 0 Å². The maximum absolute atomic E-state index is 12.8. The highest BCUT2D eigenvalue weighted by molar-refractivity contribution is 5.83. The lowest BCUT2D eigenvalue weighted by Crippen LogP contribution is -2.52. The summed E-state index contributed by atoms with van der Waals surface area (Å²) in [6.07, 6.45) is 6.46. The largest absolute Gasteiger partial charge is 0.381 e. The molecule has 2 aliphatic rings. The molecule has 0 bridgehead atoms. The fourth-order valence-electron chi connectivity index (χ4n) is 3.44. The van der Waals surface area contributed by atoms with Crippen LogP contribution < -0.4 is 5.73 Å². The zero-order valence-corrected chi connectivity index (χ0v) is 12.2. The van der Waals surface area contributed by atoms with Crippen molar-refractivity contribution in [3.63, 3.8) is 0 Å². The summed E-state index contributed by atoms with van der Waals surface area (Å²) in [5.41, 5.74) is 5.58. The molecule has 2 fully saturated rings. The predicted molar refractivity (Wildman–Crippen MR) is 75.8 cm³/mol. The summed E-state index contributed by atoms with van der Waals surface area (Å²) in [6, 6.07) is 0. The number of rotatable bonds is 4. The van der Waals surface area contributed by atoms with Crippen molar-refractivity contribution in [3.05, 3.63) is 0 Å². The number of piperidine rings is 1. The third-order valence-electron chi connectivity index (χ3n) is 4.89. The van der Waals surface area contributed by atoms with Crippen LogP contribution in [0.25, 0.3) is 0 Å². The molecular weight excluding hydrogens is 240 g/mol. The molecule has 4 heteroatoms. The summed E-state index contributed by atoms with van der Waals surface area (Å²) >= 11 is 0. The molecule has 2 heterocycles. The summed E-state index contributed by atoms with van der Waals surface area (Å²) in [7, 11) is 0. The van der Waals surface area contributed by atoms with Gasteiger partial charge in [0.2, 0.25) is 5.91 Å². The van der Waals surface area contributed by atoms with Crippen molar-refractivity contribution in [2.24, 2.45) is 17.1 Å². The van der Waals surface area contributed by atoms with E-state index in [4.69, 9.17) is 10.5 Å². The van der Waals surface area contributed by atoms with Crippen LogP contribution in [0, 0.1) is 11.3 Å². The highest BCUT2D eigenvalue weighted by Crippen LogP contribution is 2.33. The van der Waals surface area contributed by atoms with Crippen LogP contribution in [0.15, 0.2) is 0 Å². The van der Waals surface area contributed by atoms with Crippen LogP contribution in [0.5, 0.6) is 0 Å². The third-order valence-corrected chi connectivity index (χ3v) is 4.89. The summed E-state index contributed by atoms with van der Waals surface area (Å²) in [4.78, 5) is 14.8. The zero-order chi connectivity index (χ0) is 13.7. The van der Waals surface area contributed by atoms with E-state index in [1.165, 1.54) is 12.8 Å². The zero-order valence-electron chi connectivity index (χ0n) is 12.2. The van der Waals surface area contributed by atoms with Crippen LogP contribution in [0.3, 0.4) is 0 Å². The van der Waals surface area contributed by atoms with Crippen LogP contribution in [0.2, 0.25) is 0 Å². The molecule has 0 radical (unpaired) electrons. The SMILES string of the molecule is CCCC1CCN(C(=O)C2(CN)CCOCC2)CC1. The van der Waals surface area contributed by atoms with E-state index in [1.54, 1.807) is 0 Å². The van der Waals surface area contributed by atoms with E-state index in [2.05, 4.69) is 11.8 Å². The molecule has 0 atom stereocenters. The van der Waals surface area contributed by atoms with Gasteiger partial charge in [-0.05, 0) is 31.6 Å². The Balaban J connectivity index is 1.92. The average molecular weight is 268 g/mol. The first-order valence-electron chi connectivity index (χ1n) is 7.79. The van der Waals surface area contributed by atoms with Crippen molar-refractivity contribution in [1.82, 2.24) is 4.90 Å². The maximum atomic E-state index is 12.8. The van der Waals surface area contributed by atoms with Crippen LogP contribution in [0.4, 0.5) is 0 Å². The lowest BCUT2D eigenvalue weighted by Gasteiger charge is -2.41. The Hall–Kier alpha value is -0.610. The van der Waals surface area contributed by atoms with Crippen LogP contribution >= 0.6 is 0 Å². The van der Waals surface area contributed by atoms with Gasteiger partial charge in [0.15, 0.2) is 0 Å². The van der Waals surface area contributed by atoms with Crippen molar-refractivity contribution in [2.75, 3.05) is 32.8 Å². The van der Waals surface area contributed by atoms with Crippen molar-refractivity contribution in [2.45, 2.75) is 45.4 Å². The summed E-state index contributed by atoms with van der Waals surface area (Å²) in [5.74, 6) is 1.10. The fraction of sp³-hybridized carbons (Fsp3) is 0.933. The highest BCUT2D eigenvalue weighted by Gasteiger charge is 2.42. The van der Waals surface area contributed by atoms with Gasteiger partial charge in [0, 0.05) is 32.8 Å². The molecule has 0 aromatic rings. The lowest BCUT2D eigenvalue weighted by molar-refractivity contribution is -0.148. The van der Waals surface area contributed by atoms with Gasteiger partial charge in [0.1, 0.15) is 0 Å². The number of hydrogen-bond acceptors (Lipinski definition) is 3. The monoisotopic (exact) mass is 268 g/mol. The maximum Gasteiger partial charge on any atom is 0.230 e. The number of nitrogens with zero attached hydrogens (tertiary/aromatic N) is 1. The van der Waals surface area contributed by atoms with Gasteiger partial charge >= 0.3 is 0 Å². The molecule has 2 aliphatic heterocycles. The molecule has 2 saturated heterocycles. The quantitative estimate of drug-likeness (QED) is 0.845. The van der Waals surface area contributed by atoms with Crippen molar-refractivity contribution >= 4 is 5.91 Å². The Morgan fingerprint density at radius 3 is 2.47 bits per heavy atom. The number of likely N-dealkylation sites (tertiary alicyclic amines) is 1. The topological polar surface area (TPSA) is 55.6 Å². The standard InChI is InChI=1S/C15H28N2O2/c1-2-3-13-4-8-17(9-5-13)14(18)15(12-16)6-10-19-11-7-15/h13H,2-12,16H2,1H3. The van der Waals surface area contributed by atoms with E-state index in [9.17, 15) is 4.79 Å². The second kappa shape index (κ2) is 6.71. The normalized spacial score (nSPS) is 24.4. The van der Waals surface area contributed by atoms with Gasteiger partial charge in [0.25, 0.3) is 0 Å². The number of carbonyl (C=O) groups excluding carboxylic acids is 1. The summed E-state index contributed by atoms with van der Waals surface area (Å²) < 4.78 is 5.39. The van der Waals surface area contributed by atoms with E-state index in [-0.39, 0.29) is 11.3 Å². The van der Waals surface area contributed by atoms with Crippen LogP contribution in [-0.4, -0.2) is 43.7 Å². The molecule has 1 amide bonds. The van der Waals surface area contributed by atoms with E-state index in [0.717, 1.165) is 44.7 Å². The summed E-state index contributed by atoms with van der Waals surface area (Å²) in [6.45, 7) is 5.90. The highest BCUT2D eigenvalue weighted by atomic mass is 16.5. The molecule has 0 aromatic heterocycles. The molecule has 110 valence electrons. The van der Waals surface area contributed by atoms with Gasteiger partial charge in [-0.1, -0.05) is 19.8 Å². The Labute approximate surface area is 116 Å². The molecular formula is C15H28N2O2. The molecule has 0 spiro atoms. The second-order valence-corrected chi connectivity index (χ2v) is 6.12. The summed E-state index contributed by atoms with van der Waals surface area (Å²) in [5, 5.41) is 0. The minimum atomic E-state index is -0.337. The smallest absolute Gasteiger partial charge is 0.230 e. The molecule has 19 heavy (non-hydrogen) atoms. The van der Waals surface area contributed by atoms with Gasteiger partial charge in [-0.2, -0.15) is 0 Å². The van der Waals surface area contributed by atoms with Crippen LogP contribution in [0.1, 0.15) is 45.4 Å². The minimum Gasteiger partial charge on any atom is -0.381 e. The Morgan fingerprint density at radius 2 is 1.95 bits per heavy atom. The van der Waals surface area contributed by atoms with Gasteiger partial charge < -0.3 is 15.4 Å². The average Bonchev–Trinajstić information content (AvgIpc) is 2.48. The van der Waals surface area contributed by atoms with Gasteiger partial charge in [-0.15, -0.1) is 0 Å². The van der Waals surface area contributed by atoms with E-state index >= 15 is 0 Å². The number of ether oxygens (including phenoxy) is 1. The predicted octanol–water partition coefficient (Wildman–Crippen LogP) is 1.78. The molecule has 4 nitrogen and oxygen atoms in total. The van der Waals surface area contributed by atoms with E-state index in [1.807, 2.05) is 0 Å². The lowest BCUT2D eigenvalue weighted by atomic mass is 9.78.